The van der Waals surface area contributed by atoms with E-state index in [1.165, 1.54) is 21.9 Å². The summed E-state index contributed by atoms with van der Waals surface area (Å²) in [5.41, 5.74) is 4.95. The van der Waals surface area contributed by atoms with Crippen LogP contribution in [0.4, 0.5) is 0 Å². The first-order valence-electron chi connectivity index (χ1n) is 11.7. The van der Waals surface area contributed by atoms with Crippen LogP contribution in [0.3, 0.4) is 0 Å². The third-order valence-corrected chi connectivity index (χ3v) is 6.91. The fourth-order valence-electron chi connectivity index (χ4n) is 4.19. The largest absolute Gasteiger partial charge is 0.427 e. The van der Waals surface area contributed by atoms with Gasteiger partial charge in [0.1, 0.15) is 0 Å². The number of fused-ring (bicyclic) bond motifs is 3. The van der Waals surface area contributed by atoms with Gasteiger partial charge in [0.05, 0.1) is 22.2 Å². The van der Waals surface area contributed by atoms with Gasteiger partial charge in [0.2, 0.25) is 0 Å². The first-order valence-corrected chi connectivity index (χ1v) is 11.7. The molecule has 1 N–H and O–H groups in total. The van der Waals surface area contributed by atoms with Crippen LogP contribution in [0.5, 0.6) is 0 Å². The Kier molecular flexibility index (Phi) is 5.59. The Morgan fingerprint density at radius 1 is 0.676 bits per heavy atom. The fourth-order valence-corrected chi connectivity index (χ4v) is 4.19. The molecule has 1 heterocycles. The van der Waals surface area contributed by atoms with E-state index in [1.807, 2.05) is 32.0 Å². The molecule has 1 radical (unpaired) electrons. The lowest BCUT2D eigenvalue weighted by Crippen LogP contribution is -2.49. The maximum absolute atomic E-state index is 10.5. The van der Waals surface area contributed by atoms with Crippen LogP contribution in [-0.2, 0) is 4.65 Å². The summed E-state index contributed by atoms with van der Waals surface area (Å²) < 4.78 is 8.43. The Morgan fingerprint density at radius 2 is 1.32 bits per heavy atom. The highest BCUT2D eigenvalue weighted by Crippen LogP contribution is 2.34. The van der Waals surface area contributed by atoms with Gasteiger partial charge >= 0.3 is 7.48 Å². The van der Waals surface area contributed by atoms with Gasteiger partial charge in [-0.2, -0.15) is 0 Å². The molecule has 1 aromatic heterocycles. The van der Waals surface area contributed by atoms with E-state index in [2.05, 4.69) is 83.4 Å². The number of hydrogen-bond acceptors (Lipinski definition) is 2. The van der Waals surface area contributed by atoms with Gasteiger partial charge in [-0.25, -0.2) is 0 Å². The Bertz CT molecular complexity index is 1460. The number of para-hydroxylation sites is 2. The van der Waals surface area contributed by atoms with Crippen molar-refractivity contribution in [1.82, 2.24) is 4.57 Å². The van der Waals surface area contributed by atoms with Crippen molar-refractivity contribution < 1.29 is 9.76 Å². The molecule has 34 heavy (non-hydrogen) atoms. The number of rotatable bonds is 6. The molecule has 0 aliphatic heterocycles. The van der Waals surface area contributed by atoms with E-state index in [9.17, 15) is 5.11 Å². The van der Waals surface area contributed by atoms with Crippen molar-refractivity contribution in [2.45, 2.75) is 38.9 Å². The first kappa shape index (κ1) is 22.5. The van der Waals surface area contributed by atoms with Gasteiger partial charge in [-0.1, -0.05) is 72.8 Å². The average molecular weight is 446 g/mol. The van der Waals surface area contributed by atoms with Gasteiger partial charge in [0.25, 0.3) is 0 Å². The van der Waals surface area contributed by atoms with Crippen LogP contribution in [0.2, 0.25) is 0 Å². The number of hydrogen-bond donors (Lipinski definition) is 1. The smallest absolute Gasteiger partial charge is 0.333 e. The summed E-state index contributed by atoms with van der Waals surface area (Å²) in [7, 11) is 1.77. The van der Waals surface area contributed by atoms with Gasteiger partial charge in [-0.15, -0.1) is 0 Å². The summed E-state index contributed by atoms with van der Waals surface area (Å²) in [5, 5.41) is 13.0. The minimum atomic E-state index is -0.987. The number of aliphatic hydroxyl groups is 1. The maximum atomic E-state index is 10.5. The van der Waals surface area contributed by atoms with Crippen molar-refractivity contribution in [3.05, 3.63) is 97.1 Å². The molecule has 0 unspecified atom stereocenters. The quantitative estimate of drug-likeness (QED) is 0.313. The van der Waals surface area contributed by atoms with Crippen LogP contribution >= 0.6 is 0 Å². The van der Waals surface area contributed by atoms with E-state index in [4.69, 9.17) is 4.65 Å². The van der Waals surface area contributed by atoms with Crippen molar-refractivity contribution in [3.63, 3.8) is 0 Å². The summed E-state index contributed by atoms with van der Waals surface area (Å²) in [5.74, 6) is 0. The zero-order chi connectivity index (χ0) is 23.9. The standard InChI is InChI=1S/C30H29BNO2/c1-29(2,33)30(3,4)34-31-25-15-9-11-17-28(25)32-26-16-10-8-14-23(26)24-20-22(18-19-27(24)32)21-12-6-5-7-13-21/h5-20,33H,1-4H3. The molecule has 4 heteroatoms. The molecule has 0 fully saturated rings. The van der Waals surface area contributed by atoms with Crippen LogP contribution in [-0.4, -0.2) is 28.4 Å². The SMILES string of the molecule is CC(C)(O)C(C)(C)O[B]c1ccccc1-n1c2ccccc2c2cc(-c3ccccc3)ccc21. The number of benzene rings is 4. The van der Waals surface area contributed by atoms with Crippen LogP contribution in [0.1, 0.15) is 27.7 Å². The lowest BCUT2D eigenvalue weighted by Gasteiger charge is -2.37. The van der Waals surface area contributed by atoms with Crippen molar-refractivity contribution in [3.8, 4) is 16.8 Å². The molecule has 4 aromatic carbocycles. The zero-order valence-electron chi connectivity index (χ0n) is 20.1. The third-order valence-electron chi connectivity index (χ3n) is 6.91. The number of nitrogens with zero attached hydrogens (tertiary/aromatic N) is 1. The van der Waals surface area contributed by atoms with Crippen molar-refractivity contribution in [2.75, 3.05) is 0 Å². The number of aromatic nitrogens is 1. The van der Waals surface area contributed by atoms with E-state index in [0.29, 0.717) is 0 Å². The second-order valence-corrected chi connectivity index (χ2v) is 9.81. The predicted molar refractivity (Wildman–Crippen MR) is 143 cm³/mol. The summed E-state index contributed by atoms with van der Waals surface area (Å²) in [6, 6.07) is 33.9. The van der Waals surface area contributed by atoms with Crippen LogP contribution < -0.4 is 5.46 Å². The molecule has 0 atom stereocenters. The molecule has 0 aliphatic rings. The van der Waals surface area contributed by atoms with Gasteiger partial charge in [-0.05, 0) is 68.6 Å². The minimum Gasteiger partial charge on any atom is -0.427 e. The first-order chi connectivity index (χ1) is 16.3. The summed E-state index contributed by atoms with van der Waals surface area (Å²) in [6.07, 6.45) is 0. The summed E-state index contributed by atoms with van der Waals surface area (Å²) >= 11 is 0. The van der Waals surface area contributed by atoms with E-state index in [0.717, 1.165) is 22.2 Å². The molecular formula is C30H29BNO2. The molecule has 3 nitrogen and oxygen atoms in total. The lowest BCUT2D eigenvalue weighted by molar-refractivity contribution is -0.0893. The Balaban J connectivity index is 1.66. The van der Waals surface area contributed by atoms with E-state index < -0.39 is 11.2 Å². The van der Waals surface area contributed by atoms with Crippen LogP contribution in [0.15, 0.2) is 97.1 Å². The Hall–Kier alpha value is -3.34. The highest BCUT2D eigenvalue weighted by atomic mass is 16.5. The molecule has 5 aromatic rings. The van der Waals surface area contributed by atoms with E-state index in [1.54, 1.807) is 21.3 Å². The minimum absolute atomic E-state index is 0.745. The third kappa shape index (κ3) is 3.94. The Labute approximate surface area is 201 Å². The summed E-state index contributed by atoms with van der Waals surface area (Å²) in [6.45, 7) is 7.34. The normalized spacial score (nSPS) is 12.4. The highest BCUT2D eigenvalue weighted by molar-refractivity contribution is 6.49. The van der Waals surface area contributed by atoms with Gasteiger partial charge in [-0.3, -0.25) is 0 Å². The summed E-state index contributed by atoms with van der Waals surface area (Å²) in [4.78, 5) is 0. The molecule has 0 spiro atoms. The monoisotopic (exact) mass is 446 g/mol. The lowest BCUT2D eigenvalue weighted by atomic mass is 9.81. The average Bonchev–Trinajstić information content (AvgIpc) is 3.16. The predicted octanol–water partition coefficient (Wildman–Crippen LogP) is 6.26. The van der Waals surface area contributed by atoms with Crippen molar-refractivity contribution >= 4 is 34.8 Å². The highest BCUT2D eigenvalue weighted by Gasteiger charge is 2.36. The van der Waals surface area contributed by atoms with Gasteiger partial charge < -0.3 is 14.3 Å². The molecule has 0 saturated heterocycles. The fraction of sp³-hybridized carbons (Fsp3) is 0.200. The maximum Gasteiger partial charge on any atom is 0.333 e. The van der Waals surface area contributed by atoms with Crippen LogP contribution in [0.25, 0.3) is 38.6 Å². The molecule has 0 amide bonds. The van der Waals surface area contributed by atoms with Crippen molar-refractivity contribution in [2.24, 2.45) is 0 Å². The molecule has 0 bridgehead atoms. The molecule has 0 saturated carbocycles. The van der Waals surface area contributed by atoms with Crippen molar-refractivity contribution in [1.29, 1.82) is 0 Å². The molecule has 0 aliphatic carbocycles. The topological polar surface area (TPSA) is 34.4 Å². The zero-order valence-corrected chi connectivity index (χ0v) is 20.1. The molecule has 5 rings (SSSR count). The van der Waals surface area contributed by atoms with E-state index in [-0.39, 0.29) is 0 Å². The van der Waals surface area contributed by atoms with Gasteiger partial charge in [0, 0.05) is 16.5 Å². The molecule has 169 valence electrons. The second kappa shape index (κ2) is 8.46. The van der Waals surface area contributed by atoms with Gasteiger partial charge in [0.15, 0.2) is 0 Å². The molecular weight excluding hydrogens is 417 g/mol. The van der Waals surface area contributed by atoms with E-state index >= 15 is 0 Å². The van der Waals surface area contributed by atoms with Crippen LogP contribution in [0, 0.1) is 0 Å². The second-order valence-electron chi connectivity index (χ2n) is 9.81. The Morgan fingerprint density at radius 3 is 2.09 bits per heavy atom.